The van der Waals surface area contributed by atoms with Crippen molar-refractivity contribution in [3.05, 3.63) is 36.5 Å². The lowest BCUT2D eigenvalue weighted by molar-refractivity contribution is -0.167. The second kappa shape index (κ2) is 67.1. The van der Waals surface area contributed by atoms with E-state index >= 15 is 0 Å². The second-order valence-corrected chi connectivity index (χ2v) is 23.8. The van der Waals surface area contributed by atoms with Crippen LogP contribution in [0.5, 0.6) is 0 Å². The SMILES string of the molecule is CCCCCCC/C=C\C/C=C\CCCCCCCCCCCCCCCCCCCCCCCC(=O)OCC(COC(=O)CCCCCCCCCCCC)OC(=O)CCCCCCCCC/C=C\CCCCCCCC. The average molecular weight is 1100 g/mol. The molecule has 458 valence electrons. The minimum absolute atomic E-state index is 0.0679. The average Bonchev–Trinajstić information content (AvgIpc) is 3.44. The number of hydrogen-bond donors (Lipinski definition) is 0. The van der Waals surface area contributed by atoms with Gasteiger partial charge in [-0.3, -0.25) is 14.4 Å². The summed E-state index contributed by atoms with van der Waals surface area (Å²) in [5, 5.41) is 0. The first-order valence-corrected chi connectivity index (χ1v) is 35.0. The zero-order valence-electron chi connectivity index (χ0n) is 52.7. The number of hydrogen-bond acceptors (Lipinski definition) is 6. The molecule has 0 saturated carbocycles. The van der Waals surface area contributed by atoms with Gasteiger partial charge in [0.2, 0.25) is 0 Å². The highest BCUT2D eigenvalue weighted by Gasteiger charge is 2.19. The molecule has 0 amide bonds. The lowest BCUT2D eigenvalue weighted by Crippen LogP contribution is -2.30. The van der Waals surface area contributed by atoms with Crippen LogP contribution in [0.15, 0.2) is 36.5 Å². The predicted molar refractivity (Wildman–Crippen MR) is 339 cm³/mol. The molecule has 78 heavy (non-hydrogen) atoms. The van der Waals surface area contributed by atoms with Crippen LogP contribution >= 0.6 is 0 Å². The van der Waals surface area contributed by atoms with Crippen LogP contribution in [0, 0.1) is 0 Å². The van der Waals surface area contributed by atoms with E-state index in [9.17, 15) is 14.4 Å². The summed E-state index contributed by atoms with van der Waals surface area (Å²) in [5.41, 5.74) is 0. The van der Waals surface area contributed by atoms with Crippen LogP contribution in [0.3, 0.4) is 0 Å². The molecule has 0 aromatic carbocycles. The molecule has 0 heterocycles. The molecular weight excluding hydrogens is 961 g/mol. The van der Waals surface area contributed by atoms with Crippen LogP contribution in [0.1, 0.15) is 387 Å². The van der Waals surface area contributed by atoms with Crippen molar-refractivity contribution in [1.29, 1.82) is 0 Å². The van der Waals surface area contributed by atoms with Gasteiger partial charge in [0.15, 0.2) is 6.10 Å². The minimum atomic E-state index is -0.770. The molecule has 0 saturated heterocycles. The number of esters is 3. The molecule has 6 nitrogen and oxygen atoms in total. The van der Waals surface area contributed by atoms with Gasteiger partial charge >= 0.3 is 17.9 Å². The van der Waals surface area contributed by atoms with Gasteiger partial charge in [0, 0.05) is 19.3 Å². The molecule has 0 rings (SSSR count). The fourth-order valence-corrected chi connectivity index (χ4v) is 10.6. The van der Waals surface area contributed by atoms with Gasteiger partial charge in [-0.25, -0.2) is 0 Å². The third-order valence-electron chi connectivity index (χ3n) is 15.9. The Morgan fingerprint density at radius 3 is 0.718 bits per heavy atom. The molecule has 0 aliphatic carbocycles. The Bertz CT molecular complexity index is 1300. The third kappa shape index (κ3) is 64.5. The molecule has 0 spiro atoms. The first-order valence-electron chi connectivity index (χ1n) is 35.0. The molecule has 0 bridgehead atoms. The van der Waals surface area contributed by atoms with Gasteiger partial charge in [-0.2, -0.15) is 0 Å². The summed E-state index contributed by atoms with van der Waals surface area (Å²) >= 11 is 0. The van der Waals surface area contributed by atoms with Crippen molar-refractivity contribution in [1.82, 2.24) is 0 Å². The summed E-state index contributed by atoms with van der Waals surface area (Å²) in [6.45, 7) is 6.67. The first kappa shape index (κ1) is 75.6. The number of carbonyl (C=O) groups is 3. The van der Waals surface area contributed by atoms with E-state index in [-0.39, 0.29) is 31.1 Å². The van der Waals surface area contributed by atoms with Gasteiger partial charge in [0.05, 0.1) is 0 Å². The van der Waals surface area contributed by atoms with Crippen LogP contribution in [0.25, 0.3) is 0 Å². The molecule has 0 aliphatic rings. The monoisotopic (exact) mass is 1100 g/mol. The van der Waals surface area contributed by atoms with E-state index in [0.717, 1.165) is 64.2 Å². The largest absolute Gasteiger partial charge is 0.462 e. The van der Waals surface area contributed by atoms with Crippen molar-refractivity contribution >= 4 is 17.9 Å². The summed E-state index contributed by atoms with van der Waals surface area (Å²) in [6.07, 6.45) is 83.3. The minimum Gasteiger partial charge on any atom is -0.462 e. The van der Waals surface area contributed by atoms with Gasteiger partial charge in [-0.05, 0) is 77.0 Å². The molecule has 0 aromatic rings. The van der Waals surface area contributed by atoms with E-state index in [1.54, 1.807) is 0 Å². The second-order valence-electron chi connectivity index (χ2n) is 23.8. The highest BCUT2D eigenvalue weighted by molar-refractivity contribution is 5.71. The number of unbranched alkanes of at least 4 members (excludes halogenated alkanes) is 48. The lowest BCUT2D eigenvalue weighted by atomic mass is 10.0. The molecule has 0 fully saturated rings. The van der Waals surface area contributed by atoms with Crippen molar-refractivity contribution < 1.29 is 28.6 Å². The van der Waals surface area contributed by atoms with Crippen molar-refractivity contribution in [2.75, 3.05) is 13.2 Å². The Balaban J connectivity index is 4.05. The van der Waals surface area contributed by atoms with E-state index in [1.165, 1.54) is 283 Å². The van der Waals surface area contributed by atoms with Crippen LogP contribution in [0.2, 0.25) is 0 Å². The van der Waals surface area contributed by atoms with Gasteiger partial charge in [0.25, 0.3) is 0 Å². The smallest absolute Gasteiger partial charge is 0.306 e. The normalized spacial score (nSPS) is 12.2. The van der Waals surface area contributed by atoms with Gasteiger partial charge in [-0.1, -0.05) is 327 Å². The zero-order valence-corrected chi connectivity index (χ0v) is 52.7. The number of ether oxygens (including phenoxy) is 3. The molecule has 6 heteroatoms. The Morgan fingerprint density at radius 1 is 0.256 bits per heavy atom. The van der Waals surface area contributed by atoms with E-state index in [0.29, 0.717) is 19.3 Å². The summed E-state index contributed by atoms with van der Waals surface area (Å²) in [7, 11) is 0. The molecule has 0 N–H and O–H groups in total. The Hall–Kier alpha value is -2.37. The van der Waals surface area contributed by atoms with E-state index in [1.807, 2.05) is 0 Å². The van der Waals surface area contributed by atoms with Gasteiger partial charge in [0.1, 0.15) is 13.2 Å². The maximum Gasteiger partial charge on any atom is 0.306 e. The third-order valence-corrected chi connectivity index (χ3v) is 15.9. The highest BCUT2D eigenvalue weighted by Crippen LogP contribution is 2.18. The molecule has 0 radical (unpaired) electrons. The fourth-order valence-electron chi connectivity index (χ4n) is 10.6. The van der Waals surface area contributed by atoms with Crippen LogP contribution in [-0.2, 0) is 28.6 Å². The quantitative estimate of drug-likeness (QED) is 0.0261. The Morgan fingerprint density at radius 2 is 0.462 bits per heavy atom. The number of rotatable bonds is 65. The number of carbonyl (C=O) groups excluding carboxylic acids is 3. The molecule has 0 aliphatic heterocycles. The van der Waals surface area contributed by atoms with Crippen molar-refractivity contribution in [3.63, 3.8) is 0 Å². The molecular formula is C72H134O6. The summed E-state index contributed by atoms with van der Waals surface area (Å²) < 4.78 is 16.9. The van der Waals surface area contributed by atoms with E-state index in [2.05, 4.69) is 57.2 Å². The zero-order chi connectivity index (χ0) is 56.4. The summed E-state index contributed by atoms with van der Waals surface area (Å²) in [4.78, 5) is 38.2. The molecule has 1 atom stereocenters. The molecule has 0 aromatic heterocycles. The number of allylic oxidation sites excluding steroid dienone is 6. The van der Waals surface area contributed by atoms with Crippen LogP contribution in [-0.4, -0.2) is 37.2 Å². The van der Waals surface area contributed by atoms with E-state index < -0.39 is 6.10 Å². The van der Waals surface area contributed by atoms with Crippen molar-refractivity contribution in [2.45, 2.75) is 393 Å². The maximum absolute atomic E-state index is 12.9. The molecule has 1 unspecified atom stereocenters. The highest BCUT2D eigenvalue weighted by atomic mass is 16.6. The Labute approximate surface area is 486 Å². The first-order chi connectivity index (χ1) is 38.5. The van der Waals surface area contributed by atoms with Gasteiger partial charge in [-0.15, -0.1) is 0 Å². The standard InChI is InChI=1S/C72H134O6/c1-4-7-10-13-16-19-22-24-26-28-29-30-31-32-33-34-35-36-37-38-39-40-41-42-43-45-46-48-50-53-56-59-62-65-71(74)77-68-69(67-76-70(73)64-61-58-55-52-21-18-15-12-9-6-3)78-72(75)66-63-60-57-54-51-49-47-44-27-25-23-20-17-14-11-8-5-2/h22,24-25,27-29,69H,4-21,23,26,30-68H2,1-3H3/b24-22-,27-25-,29-28-. The topological polar surface area (TPSA) is 78.9 Å². The van der Waals surface area contributed by atoms with Crippen LogP contribution < -0.4 is 0 Å². The predicted octanol–water partition coefficient (Wildman–Crippen LogP) is 23.9. The van der Waals surface area contributed by atoms with Gasteiger partial charge < -0.3 is 14.2 Å². The maximum atomic E-state index is 12.9. The summed E-state index contributed by atoms with van der Waals surface area (Å²) in [5.74, 6) is -0.848. The van der Waals surface area contributed by atoms with Crippen LogP contribution in [0.4, 0.5) is 0 Å². The van der Waals surface area contributed by atoms with Crippen molar-refractivity contribution in [2.24, 2.45) is 0 Å². The lowest BCUT2D eigenvalue weighted by Gasteiger charge is -2.18. The Kier molecular flexibility index (Phi) is 65.1. The van der Waals surface area contributed by atoms with Crippen molar-refractivity contribution in [3.8, 4) is 0 Å². The fraction of sp³-hybridized carbons (Fsp3) is 0.875. The van der Waals surface area contributed by atoms with E-state index in [4.69, 9.17) is 14.2 Å². The summed E-state index contributed by atoms with van der Waals surface area (Å²) in [6, 6.07) is 0.